The van der Waals surface area contributed by atoms with Gasteiger partial charge in [-0.3, -0.25) is 14.9 Å². The number of allylic oxidation sites excluding steroid dienone is 1. The summed E-state index contributed by atoms with van der Waals surface area (Å²) in [7, 11) is 0. The summed E-state index contributed by atoms with van der Waals surface area (Å²) < 4.78 is 26.9. The molecule has 0 radical (unpaired) electrons. The summed E-state index contributed by atoms with van der Waals surface area (Å²) in [6.07, 6.45) is 13.5. The van der Waals surface area contributed by atoms with Crippen LogP contribution < -0.4 is 9.47 Å². The fourth-order valence-electron chi connectivity index (χ4n) is 9.97. The summed E-state index contributed by atoms with van der Waals surface area (Å²) in [5.74, 6) is -0.919. The van der Waals surface area contributed by atoms with Crippen LogP contribution >= 0.6 is 11.8 Å². The van der Waals surface area contributed by atoms with Gasteiger partial charge in [0.25, 0.3) is 5.69 Å². The molecule has 0 unspecified atom stereocenters. The van der Waals surface area contributed by atoms with Crippen molar-refractivity contribution in [2.45, 2.75) is 74.2 Å². The number of carbonyl (C=O) groups excluding carboxylic acids is 1. The number of benzene rings is 4. The highest BCUT2D eigenvalue weighted by atomic mass is 32.2. The van der Waals surface area contributed by atoms with E-state index in [1.807, 2.05) is 73.0 Å². The number of nitro groups is 1. The summed E-state index contributed by atoms with van der Waals surface area (Å²) in [4.78, 5) is 35.0. The Balaban J connectivity index is 1.42. The van der Waals surface area contributed by atoms with Crippen molar-refractivity contribution in [1.29, 1.82) is 0 Å². The summed E-state index contributed by atoms with van der Waals surface area (Å²) in [5, 5.41) is 46.1. The summed E-state index contributed by atoms with van der Waals surface area (Å²) in [6.45, 7) is 4.44. The van der Waals surface area contributed by atoms with E-state index in [0.717, 1.165) is 47.3 Å². The molecule has 3 N–H and O–H groups in total. The van der Waals surface area contributed by atoms with E-state index >= 15 is 0 Å². The Kier molecular flexibility index (Phi) is 18.6. The van der Waals surface area contributed by atoms with E-state index in [2.05, 4.69) is 18.7 Å². The van der Waals surface area contributed by atoms with Crippen molar-refractivity contribution < 1.29 is 48.8 Å². The summed E-state index contributed by atoms with van der Waals surface area (Å²) in [6, 6.07) is 28.6. The highest BCUT2D eigenvalue weighted by molar-refractivity contribution is 7.98. The molecule has 4 aromatic carbocycles. The van der Waals surface area contributed by atoms with Crippen LogP contribution in [0, 0.1) is 27.9 Å². The van der Waals surface area contributed by atoms with Crippen LogP contribution in [0.2, 0.25) is 0 Å². The Morgan fingerprint density at radius 3 is 2.38 bits per heavy atom. The first-order valence-corrected chi connectivity index (χ1v) is 24.9. The largest absolute Gasteiger partial charge is 0.459 e. The highest BCUT2D eigenvalue weighted by Crippen LogP contribution is 2.62. The predicted octanol–water partition coefficient (Wildman–Crippen LogP) is 9.49. The van der Waals surface area contributed by atoms with Crippen LogP contribution in [0.3, 0.4) is 0 Å². The number of hydrogen-bond acceptors (Lipinski definition) is 13. The number of aliphatic hydroxyl groups excluding tert-OH is 3. The first kappa shape index (κ1) is 51.1. The molecule has 1 saturated carbocycles. The number of non-ortho nitro benzene ring substituents is 1. The van der Waals surface area contributed by atoms with Crippen molar-refractivity contribution in [1.82, 2.24) is 4.90 Å². The van der Waals surface area contributed by atoms with Gasteiger partial charge in [0.05, 0.1) is 43.0 Å². The molecule has 1 heterocycles. The number of nitrogens with zero attached hydrogens (tertiary/aromatic N) is 3. The van der Waals surface area contributed by atoms with E-state index in [4.69, 9.17) is 28.9 Å². The van der Waals surface area contributed by atoms with Crippen molar-refractivity contribution in [3.63, 3.8) is 0 Å². The third-order valence-corrected chi connectivity index (χ3v) is 13.8. The van der Waals surface area contributed by atoms with Gasteiger partial charge in [-0.25, -0.2) is 0 Å². The Hall–Kier alpha value is -5.81. The second kappa shape index (κ2) is 25.2. The fraction of sp³-hybridized carbons (Fsp3) is 0.407. The van der Waals surface area contributed by atoms with E-state index in [0.29, 0.717) is 41.4 Å². The maximum absolute atomic E-state index is 15.0. The molecule has 0 aromatic heterocycles. The summed E-state index contributed by atoms with van der Waals surface area (Å²) in [5.41, 5.74) is 3.87. The van der Waals surface area contributed by atoms with Gasteiger partial charge in [-0.05, 0) is 121 Å². The standard InChI is InChI=1S/C54H63N3O11S/c1-3-31-65-54-50(56(27-32-64-33-30-60)51(61)26-17-38-15-18-41(19-16-38)57(62)63)36-48(55-66-37-39-11-5-4-6-12-39)46-34-40(13-7-9-28-58)45(14-8-10-29-59)52(53(46)54)47-35-43(22-25-49(47)68-54)67-42-20-23-44(69-2)24-21-42/h3-6,11-12,15-26,34-35,40,45,50,52-53,58-60H,1,7-10,13-14,27-33,36-37H2,2H3/t40-,45+,50-,52+,53+,54+/m0/s1. The molecular weight excluding hydrogens is 899 g/mol. The number of hydrogen-bond donors (Lipinski definition) is 3. The second-order valence-electron chi connectivity index (χ2n) is 17.4. The van der Waals surface area contributed by atoms with Crippen LogP contribution in [-0.2, 0) is 25.7 Å². The second-order valence-corrected chi connectivity index (χ2v) is 18.2. The van der Waals surface area contributed by atoms with Crippen molar-refractivity contribution in [3.05, 3.63) is 154 Å². The minimum Gasteiger partial charge on any atom is -0.459 e. The van der Waals surface area contributed by atoms with Crippen LogP contribution in [0.4, 0.5) is 5.69 Å². The molecular formula is C54H63N3O11S. The lowest BCUT2D eigenvalue weighted by Gasteiger charge is -2.60. The lowest BCUT2D eigenvalue weighted by molar-refractivity contribution is -0.384. The Morgan fingerprint density at radius 1 is 0.942 bits per heavy atom. The molecule has 366 valence electrons. The number of fused-ring (bicyclic) bond motifs is 2. The van der Waals surface area contributed by atoms with Gasteiger partial charge in [-0.2, -0.15) is 0 Å². The number of rotatable bonds is 26. The Labute approximate surface area is 408 Å². The van der Waals surface area contributed by atoms with Gasteiger partial charge in [-0.1, -0.05) is 60.5 Å². The molecule has 0 bridgehead atoms. The lowest BCUT2D eigenvalue weighted by Crippen LogP contribution is -2.70. The first-order chi connectivity index (χ1) is 33.7. The summed E-state index contributed by atoms with van der Waals surface area (Å²) >= 11 is 1.65. The van der Waals surface area contributed by atoms with Crippen molar-refractivity contribution in [2.24, 2.45) is 22.9 Å². The smallest absolute Gasteiger partial charge is 0.269 e. The first-order valence-electron chi connectivity index (χ1n) is 23.7. The van der Waals surface area contributed by atoms with Gasteiger partial charge in [0.15, 0.2) is 0 Å². The monoisotopic (exact) mass is 961 g/mol. The van der Waals surface area contributed by atoms with Gasteiger partial charge in [0, 0.05) is 60.8 Å². The fourth-order valence-corrected chi connectivity index (χ4v) is 10.4. The topological polar surface area (TPSA) is 183 Å². The zero-order valence-electron chi connectivity index (χ0n) is 39.1. The van der Waals surface area contributed by atoms with Gasteiger partial charge < -0.3 is 44.0 Å². The van der Waals surface area contributed by atoms with Crippen LogP contribution in [0.15, 0.2) is 137 Å². The van der Waals surface area contributed by atoms with E-state index in [9.17, 15) is 30.2 Å². The normalized spacial score (nSPS) is 22.0. The van der Waals surface area contributed by atoms with Gasteiger partial charge >= 0.3 is 0 Å². The van der Waals surface area contributed by atoms with Crippen molar-refractivity contribution in [3.8, 4) is 17.2 Å². The van der Waals surface area contributed by atoms with E-state index in [1.54, 1.807) is 40.9 Å². The molecule has 14 nitrogen and oxygen atoms in total. The van der Waals surface area contributed by atoms with Crippen molar-refractivity contribution >= 4 is 35.1 Å². The molecule has 69 heavy (non-hydrogen) atoms. The van der Waals surface area contributed by atoms with Crippen molar-refractivity contribution in [2.75, 3.05) is 52.4 Å². The molecule has 1 fully saturated rings. The van der Waals surface area contributed by atoms with E-state index in [-0.39, 0.29) is 82.7 Å². The third kappa shape index (κ3) is 12.5. The number of unbranched alkanes of at least 4 members (excludes halogenated alkanes) is 2. The molecule has 7 rings (SSSR count). The zero-order chi connectivity index (χ0) is 48.6. The third-order valence-electron chi connectivity index (χ3n) is 13.1. The van der Waals surface area contributed by atoms with Gasteiger partial charge in [-0.15, -0.1) is 18.3 Å². The van der Waals surface area contributed by atoms with Crippen LogP contribution in [0.25, 0.3) is 6.08 Å². The van der Waals surface area contributed by atoms with Crippen LogP contribution in [0.5, 0.6) is 17.2 Å². The zero-order valence-corrected chi connectivity index (χ0v) is 39.9. The van der Waals surface area contributed by atoms with Gasteiger partial charge in [0.1, 0.15) is 29.9 Å². The maximum atomic E-state index is 15.0. The molecule has 4 aromatic rings. The molecule has 15 heteroatoms. The van der Waals surface area contributed by atoms with E-state index in [1.165, 1.54) is 18.2 Å². The molecule has 1 aliphatic heterocycles. The average Bonchev–Trinajstić information content (AvgIpc) is 3.37. The molecule has 1 amide bonds. The van der Waals surface area contributed by atoms with E-state index < -0.39 is 28.6 Å². The molecule has 3 aliphatic rings. The number of ether oxygens (including phenoxy) is 4. The van der Waals surface area contributed by atoms with Crippen LogP contribution in [0.1, 0.15) is 67.6 Å². The predicted molar refractivity (Wildman–Crippen MR) is 266 cm³/mol. The number of nitro benzene ring substituents is 1. The molecule has 0 spiro atoms. The molecule has 6 atom stereocenters. The number of carbonyl (C=O) groups is 1. The molecule has 2 aliphatic carbocycles. The van der Waals surface area contributed by atoms with Gasteiger partial charge in [0.2, 0.25) is 11.7 Å². The quantitative estimate of drug-likeness (QED) is 0.0136. The molecule has 0 saturated heterocycles. The SMILES string of the molecule is C=CCO[C@@]12Oc3ccc(Oc4ccc(SC)cc4)cc3[C@H]3[C@H](CCCCO)[C@@H](CCCCO)C=C(C(=NOCc4ccccc4)C[C@@H]1N(CCOCCO)C(=O)C=Cc1ccc([N+](=O)[O-])cc1)[C@H]32. The minimum absolute atomic E-state index is 0.0150. The Bertz CT molecular complexity index is 2410. The highest BCUT2D eigenvalue weighted by Gasteiger charge is 2.65. The maximum Gasteiger partial charge on any atom is 0.269 e. The number of aliphatic hydroxyl groups is 3. The minimum atomic E-state index is -1.54. The lowest BCUT2D eigenvalue weighted by atomic mass is 9.55. The average molecular weight is 962 g/mol. The number of thioether (sulfide) groups is 1. The number of oxime groups is 1. The number of amides is 1. The van der Waals surface area contributed by atoms with Crippen LogP contribution in [-0.4, -0.2) is 101 Å². The Morgan fingerprint density at radius 2 is 1.68 bits per heavy atom.